The van der Waals surface area contributed by atoms with Gasteiger partial charge in [-0.15, -0.1) is 10.2 Å². The molecule has 0 atom stereocenters. The minimum absolute atomic E-state index is 0.679. The Balaban J connectivity index is 2.09. The summed E-state index contributed by atoms with van der Waals surface area (Å²) in [5.74, 6) is 5.53. The van der Waals surface area contributed by atoms with Crippen molar-refractivity contribution in [2.75, 3.05) is 11.5 Å². The topological polar surface area (TPSA) is 56.7 Å². The highest BCUT2D eigenvalue weighted by atomic mass is 32.2. The van der Waals surface area contributed by atoms with Crippen molar-refractivity contribution in [3.8, 4) is 11.6 Å². The molecule has 0 saturated carbocycles. The molecule has 90 valence electrons. The molecule has 0 amide bonds. The lowest BCUT2D eigenvalue weighted by atomic mass is 10.3. The van der Waals surface area contributed by atoms with Crippen LogP contribution in [0.25, 0.3) is 11.6 Å². The van der Waals surface area contributed by atoms with Crippen molar-refractivity contribution in [3.05, 3.63) is 17.4 Å². The Bertz CT molecular complexity index is 546. The summed E-state index contributed by atoms with van der Waals surface area (Å²) in [7, 11) is 0. The van der Waals surface area contributed by atoms with Gasteiger partial charge in [-0.05, 0) is 6.92 Å². The van der Waals surface area contributed by atoms with E-state index in [0.29, 0.717) is 5.89 Å². The Morgan fingerprint density at radius 2 is 2.12 bits per heavy atom. The molecule has 0 N–H and O–H groups in total. The van der Waals surface area contributed by atoms with Gasteiger partial charge in [0.05, 0.1) is 5.69 Å². The lowest BCUT2D eigenvalue weighted by Gasteiger charge is -2.04. The third-order valence-electron chi connectivity index (χ3n) is 2.86. The smallest absolute Gasteiger partial charge is 0.201 e. The van der Waals surface area contributed by atoms with Crippen LogP contribution in [-0.2, 0) is 13.0 Å². The van der Waals surface area contributed by atoms with Crippen molar-refractivity contribution >= 4 is 11.8 Å². The van der Waals surface area contributed by atoms with E-state index in [0.717, 1.165) is 47.6 Å². The Morgan fingerprint density at radius 1 is 1.24 bits per heavy atom. The largest absolute Gasteiger partial charge is 0.437 e. The second-order valence-electron chi connectivity index (χ2n) is 4.10. The molecule has 0 radical (unpaired) electrons. The van der Waals surface area contributed by atoms with Crippen LogP contribution in [0.5, 0.6) is 0 Å². The highest BCUT2D eigenvalue weighted by Crippen LogP contribution is 2.25. The summed E-state index contributed by atoms with van der Waals surface area (Å²) < 4.78 is 7.78. The summed E-state index contributed by atoms with van der Waals surface area (Å²) in [6.07, 6.45) is 0.976. The SMILES string of the molecule is Cc1nc(C)c(-c2nnc3n2CCSCC3)o1. The first kappa shape index (κ1) is 10.8. The lowest BCUT2D eigenvalue weighted by Crippen LogP contribution is -2.05. The zero-order chi connectivity index (χ0) is 11.8. The molecule has 5 nitrogen and oxygen atoms in total. The molecule has 3 heterocycles. The minimum Gasteiger partial charge on any atom is -0.437 e. The van der Waals surface area contributed by atoms with E-state index in [1.165, 1.54) is 0 Å². The lowest BCUT2D eigenvalue weighted by molar-refractivity contribution is 0.525. The molecule has 1 aliphatic heterocycles. The molecular weight excluding hydrogens is 236 g/mol. The van der Waals surface area contributed by atoms with Crippen LogP contribution in [0.4, 0.5) is 0 Å². The number of nitrogens with zero attached hydrogens (tertiary/aromatic N) is 4. The van der Waals surface area contributed by atoms with Crippen molar-refractivity contribution in [1.82, 2.24) is 19.7 Å². The zero-order valence-electron chi connectivity index (χ0n) is 9.93. The van der Waals surface area contributed by atoms with E-state index >= 15 is 0 Å². The van der Waals surface area contributed by atoms with Crippen LogP contribution in [0.2, 0.25) is 0 Å². The number of oxazole rings is 1. The Morgan fingerprint density at radius 3 is 2.88 bits per heavy atom. The van der Waals surface area contributed by atoms with Crippen molar-refractivity contribution < 1.29 is 4.42 Å². The normalized spacial score (nSPS) is 15.6. The second kappa shape index (κ2) is 4.18. The standard InChI is InChI=1S/C11H14N4OS/c1-7-10(16-8(2)12-7)11-14-13-9-3-5-17-6-4-15(9)11/h3-6H2,1-2H3. The first-order chi connectivity index (χ1) is 8.25. The van der Waals surface area contributed by atoms with Gasteiger partial charge < -0.3 is 8.98 Å². The second-order valence-corrected chi connectivity index (χ2v) is 5.33. The fourth-order valence-corrected chi connectivity index (χ4v) is 2.93. The van der Waals surface area contributed by atoms with Crippen LogP contribution >= 0.6 is 11.8 Å². The number of rotatable bonds is 1. The summed E-state index contributed by atoms with van der Waals surface area (Å²) in [6.45, 7) is 4.74. The highest BCUT2D eigenvalue weighted by Gasteiger charge is 2.20. The molecule has 6 heteroatoms. The average molecular weight is 250 g/mol. The van der Waals surface area contributed by atoms with Gasteiger partial charge in [-0.2, -0.15) is 11.8 Å². The molecule has 0 fully saturated rings. The van der Waals surface area contributed by atoms with Gasteiger partial charge >= 0.3 is 0 Å². The maximum absolute atomic E-state index is 5.62. The fourth-order valence-electron chi connectivity index (χ4n) is 2.08. The molecule has 0 saturated heterocycles. The van der Waals surface area contributed by atoms with E-state index in [4.69, 9.17) is 4.42 Å². The van der Waals surface area contributed by atoms with Gasteiger partial charge in [-0.25, -0.2) is 4.98 Å². The first-order valence-electron chi connectivity index (χ1n) is 5.70. The molecule has 17 heavy (non-hydrogen) atoms. The summed E-state index contributed by atoms with van der Waals surface area (Å²) in [6, 6.07) is 0. The predicted molar refractivity (Wildman–Crippen MR) is 66.0 cm³/mol. The maximum Gasteiger partial charge on any atom is 0.201 e. The fraction of sp³-hybridized carbons (Fsp3) is 0.545. The third kappa shape index (κ3) is 1.86. The van der Waals surface area contributed by atoms with Gasteiger partial charge in [0.15, 0.2) is 11.7 Å². The van der Waals surface area contributed by atoms with Crippen LogP contribution < -0.4 is 0 Å². The van der Waals surface area contributed by atoms with Gasteiger partial charge in [-0.3, -0.25) is 0 Å². The molecule has 1 aliphatic rings. The van der Waals surface area contributed by atoms with Crippen molar-refractivity contribution in [3.63, 3.8) is 0 Å². The van der Waals surface area contributed by atoms with E-state index in [-0.39, 0.29) is 0 Å². The van der Waals surface area contributed by atoms with Crippen molar-refractivity contribution in [1.29, 1.82) is 0 Å². The molecule has 3 rings (SSSR count). The predicted octanol–water partition coefficient (Wildman–Crippen LogP) is 1.84. The zero-order valence-corrected chi connectivity index (χ0v) is 10.8. The quantitative estimate of drug-likeness (QED) is 0.773. The van der Waals surface area contributed by atoms with Crippen molar-refractivity contribution in [2.24, 2.45) is 0 Å². The van der Waals surface area contributed by atoms with E-state index in [1.807, 2.05) is 25.6 Å². The Labute approximate surface area is 104 Å². The van der Waals surface area contributed by atoms with Crippen LogP contribution in [0.15, 0.2) is 4.42 Å². The summed E-state index contributed by atoms with van der Waals surface area (Å²) in [5, 5.41) is 8.51. The Kier molecular flexibility index (Phi) is 2.66. The van der Waals surface area contributed by atoms with Crippen molar-refractivity contribution in [2.45, 2.75) is 26.8 Å². The molecule has 0 spiro atoms. The Hall–Kier alpha value is -1.30. The molecule has 2 aromatic heterocycles. The molecule has 0 unspecified atom stereocenters. The van der Waals surface area contributed by atoms with E-state index < -0.39 is 0 Å². The molecule has 0 aliphatic carbocycles. The van der Waals surface area contributed by atoms with E-state index in [2.05, 4.69) is 19.7 Å². The maximum atomic E-state index is 5.62. The van der Waals surface area contributed by atoms with Gasteiger partial charge in [0.2, 0.25) is 5.82 Å². The van der Waals surface area contributed by atoms with Crippen LogP contribution in [-0.4, -0.2) is 31.3 Å². The third-order valence-corrected chi connectivity index (χ3v) is 3.83. The summed E-state index contributed by atoms with van der Waals surface area (Å²) >= 11 is 1.96. The number of aryl methyl sites for hydroxylation is 3. The van der Waals surface area contributed by atoms with Gasteiger partial charge in [0, 0.05) is 31.4 Å². The molecular formula is C11H14N4OS. The monoisotopic (exact) mass is 250 g/mol. The van der Waals surface area contributed by atoms with Gasteiger partial charge in [-0.1, -0.05) is 0 Å². The summed E-state index contributed by atoms with van der Waals surface area (Å²) in [5.41, 5.74) is 0.884. The van der Waals surface area contributed by atoms with Crippen LogP contribution in [0.1, 0.15) is 17.4 Å². The van der Waals surface area contributed by atoms with E-state index in [9.17, 15) is 0 Å². The minimum atomic E-state index is 0.679. The van der Waals surface area contributed by atoms with Gasteiger partial charge in [0.25, 0.3) is 0 Å². The number of hydrogen-bond acceptors (Lipinski definition) is 5. The molecule has 2 aromatic rings. The number of fused-ring (bicyclic) bond motifs is 1. The first-order valence-corrected chi connectivity index (χ1v) is 6.85. The van der Waals surface area contributed by atoms with Gasteiger partial charge in [0.1, 0.15) is 5.82 Å². The van der Waals surface area contributed by atoms with Crippen LogP contribution in [0.3, 0.4) is 0 Å². The number of hydrogen-bond donors (Lipinski definition) is 0. The van der Waals surface area contributed by atoms with Crippen LogP contribution in [0, 0.1) is 13.8 Å². The number of thioether (sulfide) groups is 1. The number of aromatic nitrogens is 4. The van der Waals surface area contributed by atoms with E-state index in [1.54, 1.807) is 0 Å². The molecule has 0 aromatic carbocycles. The molecule has 0 bridgehead atoms. The summed E-state index contributed by atoms with van der Waals surface area (Å²) in [4.78, 5) is 4.29. The average Bonchev–Trinajstić information content (AvgIpc) is 2.74. The highest BCUT2D eigenvalue weighted by molar-refractivity contribution is 7.99.